The maximum Gasteiger partial charge on any atom is 0.154 e. The second-order valence-electron chi connectivity index (χ2n) is 6.10. The van der Waals surface area contributed by atoms with E-state index in [1.807, 2.05) is 22.8 Å². The molecule has 1 aromatic carbocycles. The molecule has 0 saturated heterocycles. The van der Waals surface area contributed by atoms with Gasteiger partial charge in [0.1, 0.15) is 11.5 Å². The van der Waals surface area contributed by atoms with Crippen LogP contribution in [-0.4, -0.2) is 21.1 Å². The highest BCUT2D eigenvalue weighted by Gasteiger charge is 2.21. The third kappa shape index (κ3) is 2.37. The highest BCUT2D eigenvalue weighted by Crippen LogP contribution is 2.33. The minimum atomic E-state index is 0.831. The quantitative estimate of drug-likeness (QED) is 0.605. The molecule has 1 aliphatic carbocycles. The van der Waals surface area contributed by atoms with Gasteiger partial charge in [-0.15, -0.1) is 16.4 Å². The smallest absolute Gasteiger partial charge is 0.154 e. The molecule has 0 unspecified atom stereocenters. The van der Waals surface area contributed by atoms with E-state index < -0.39 is 0 Å². The number of fused-ring (bicyclic) bond motifs is 2. The van der Waals surface area contributed by atoms with E-state index in [0.717, 1.165) is 29.6 Å². The third-order valence-corrected chi connectivity index (χ3v) is 5.45. The van der Waals surface area contributed by atoms with E-state index in [2.05, 4.69) is 40.6 Å². The average Bonchev–Trinajstić information content (AvgIpc) is 3.16. The number of rotatable bonds is 4. The monoisotopic (exact) mass is 320 g/mol. The van der Waals surface area contributed by atoms with Crippen molar-refractivity contribution in [3.8, 4) is 10.6 Å². The van der Waals surface area contributed by atoms with Gasteiger partial charge in [0, 0.05) is 11.2 Å². The first-order chi connectivity index (χ1) is 11.4. The van der Waals surface area contributed by atoms with E-state index >= 15 is 0 Å². The number of nitrogens with zero attached hydrogens (tertiary/aromatic N) is 3. The first kappa shape index (κ1) is 13.1. The van der Waals surface area contributed by atoms with E-state index in [1.54, 1.807) is 11.3 Å². The van der Waals surface area contributed by atoms with Crippen LogP contribution in [0, 0.1) is 5.92 Å². The second-order valence-corrected chi connectivity index (χ2v) is 7.19. The molecule has 1 N–H and O–H groups in total. The fourth-order valence-electron chi connectivity index (χ4n) is 2.81. The van der Waals surface area contributed by atoms with Gasteiger partial charge in [-0.1, -0.05) is 18.2 Å². The number of hydrogen-bond acceptors (Lipinski definition) is 4. The van der Waals surface area contributed by atoms with Gasteiger partial charge in [0.2, 0.25) is 0 Å². The molecule has 3 aromatic heterocycles. The summed E-state index contributed by atoms with van der Waals surface area (Å²) in [6, 6.07) is 14.7. The molecular formula is C18H16N4S. The molecule has 0 bridgehead atoms. The van der Waals surface area contributed by atoms with Crippen molar-refractivity contribution in [2.75, 3.05) is 11.9 Å². The number of benzene rings is 1. The predicted molar refractivity (Wildman–Crippen MR) is 95.0 cm³/mol. The molecule has 23 heavy (non-hydrogen) atoms. The normalized spacial score (nSPS) is 14.6. The van der Waals surface area contributed by atoms with Crippen molar-refractivity contribution in [3.63, 3.8) is 0 Å². The largest absolute Gasteiger partial charge is 0.368 e. The highest BCUT2D eigenvalue weighted by atomic mass is 32.1. The van der Waals surface area contributed by atoms with Crippen molar-refractivity contribution in [1.29, 1.82) is 0 Å². The molecule has 4 aromatic rings. The minimum Gasteiger partial charge on any atom is -0.368 e. The number of anilines is 1. The summed E-state index contributed by atoms with van der Waals surface area (Å²) in [5.41, 5.74) is 1.94. The zero-order valence-electron chi connectivity index (χ0n) is 12.6. The lowest BCUT2D eigenvalue weighted by atomic mass is 10.2. The number of nitrogens with one attached hydrogen (secondary N) is 1. The third-order valence-electron chi connectivity index (χ3n) is 4.31. The molecule has 0 aliphatic heterocycles. The van der Waals surface area contributed by atoms with Crippen LogP contribution in [-0.2, 0) is 0 Å². The van der Waals surface area contributed by atoms with E-state index in [1.165, 1.54) is 27.8 Å². The average molecular weight is 320 g/mol. The van der Waals surface area contributed by atoms with Gasteiger partial charge in [0.05, 0.1) is 11.1 Å². The molecule has 1 aliphatic rings. The topological polar surface area (TPSA) is 42.2 Å². The molecule has 114 valence electrons. The standard InChI is InChI=1S/C18H16N4S/c1-2-4-15-13(3-1)9-16(23-15)14-11-20-18-8-7-17(21-22(14)18)19-10-12-5-6-12/h1-4,7-9,11-12H,5-6,10H2,(H,19,21). The van der Waals surface area contributed by atoms with Crippen LogP contribution in [0.1, 0.15) is 12.8 Å². The summed E-state index contributed by atoms with van der Waals surface area (Å²) in [5.74, 6) is 1.75. The van der Waals surface area contributed by atoms with Crippen molar-refractivity contribution in [2.24, 2.45) is 5.92 Å². The summed E-state index contributed by atoms with van der Waals surface area (Å²) in [5, 5.41) is 9.44. The predicted octanol–water partition coefficient (Wildman–Crippen LogP) is 4.43. The molecule has 0 spiro atoms. The Morgan fingerprint density at radius 1 is 1.17 bits per heavy atom. The molecule has 1 fully saturated rings. The zero-order valence-corrected chi connectivity index (χ0v) is 13.4. The lowest BCUT2D eigenvalue weighted by Gasteiger charge is -2.05. The van der Waals surface area contributed by atoms with Gasteiger partial charge < -0.3 is 5.32 Å². The molecular weight excluding hydrogens is 304 g/mol. The molecule has 0 radical (unpaired) electrons. The van der Waals surface area contributed by atoms with Crippen molar-refractivity contribution in [2.45, 2.75) is 12.8 Å². The molecule has 5 rings (SSSR count). The zero-order chi connectivity index (χ0) is 15.2. The van der Waals surface area contributed by atoms with E-state index in [9.17, 15) is 0 Å². The van der Waals surface area contributed by atoms with Crippen LogP contribution in [0.3, 0.4) is 0 Å². The Morgan fingerprint density at radius 3 is 2.96 bits per heavy atom. The Hall–Kier alpha value is -2.40. The molecule has 1 saturated carbocycles. The van der Waals surface area contributed by atoms with Crippen LogP contribution in [0.4, 0.5) is 5.82 Å². The van der Waals surface area contributed by atoms with Crippen LogP contribution in [0.25, 0.3) is 26.3 Å². The van der Waals surface area contributed by atoms with Gasteiger partial charge in [-0.3, -0.25) is 0 Å². The van der Waals surface area contributed by atoms with Crippen molar-refractivity contribution < 1.29 is 0 Å². The number of aromatic nitrogens is 3. The van der Waals surface area contributed by atoms with Crippen LogP contribution >= 0.6 is 11.3 Å². The van der Waals surface area contributed by atoms with Crippen LogP contribution in [0.5, 0.6) is 0 Å². The van der Waals surface area contributed by atoms with E-state index in [4.69, 9.17) is 5.10 Å². The molecule has 5 heteroatoms. The lowest BCUT2D eigenvalue weighted by molar-refractivity contribution is 0.862. The summed E-state index contributed by atoms with van der Waals surface area (Å²) in [7, 11) is 0. The number of imidazole rings is 1. The Balaban J connectivity index is 1.57. The molecule has 0 amide bonds. The minimum absolute atomic E-state index is 0.831. The van der Waals surface area contributed by atoms with Gasteiger partial charge in [-0.05, 0) is 48.4 Å². The Morgan fingerprint density at radius 2 is 2.09 bits per heavy atom. The molecule has 0 atom stereocenters. The van der Waals surface area contributed by atoms with Gasteiger partial charge >= 0.3 is 0 Å². The molecule has 4 nitrogen and oxygen atoms in total. The van der Waals surface area contributed by atoms with Gasteiger partial charge in [-0.25, -0.2) is 9.50 Å². The van der Waals surface area contributed by atoms with Crippen LogP contribution in [0.15, 0.2) is 48.7 Å². The fourth-order valence-corrected chi connectivity index (χ4v) is 3.87. The second kappa shape index (κ2) is 5.06. The summed E-state index contributed by atoms with van der Waals surface area (Å²) in [6.45, 7) is 1.02. The maximum atomic E-state index is 4.73. The van der Waals surface area contributed by atoms with Crippen molar-refractivity contribution >= 4 is 32.9 Å². The van der Waals surface area contributed by atoms with E-state index in [0.29, 0.717) is 0 Å². The van der Waals surface area contributed by atoms with Crippen molar-refractivity contribution in [3.05, 3.63) is 48.7 Å². The molecule has 3 heterocycles. The van der Waals surface area contributed by atoms with Gasteiger partial charge in [0.15, 0.2) is 5.65 Å². The summed E-state index contributed by atoms with van der Waals surface area (Å²) >= 11 is 1.78. The number of hydrogen-bond donors (Lipinski definition) is 1. The maximum absolute atomic E-state index is 4.73. The van der Waals surface area contributed by atoms with Gasteiger partial charge in [-0.2, -0.15) is 0 Å². The lowest BCUT2D eigenvalue weighted by Crippen LogP contribution is -2.07. The fraction of sp³-hybridized carbons (Fsp3) is 0.222. The Bertz CT molecular complexity index is 964. The van der Waals surface area contributed by atoms with E-state index in [-0.39, 0.29) is 0 Å². The number of thiophene rings is 1. The summed E-state index contributed by atoms with van der Waals surface area (Å²) in [4.78, 5) is 5.69. The summed E-state index contributed by atoms with van der Waals surface area (Å²) < 4.78 is 3.24. The first-order valence-corrected chi connectivity index (χ1v) is 8.76. The SMILES string of the molecule is c1ccc2sc(-c3cnc4ccc(NCC5CC5)nn34)cc2c1. The Kier molecular flexibility index (Phi) is 2.88. The summed E-state index contributed by atoms with van der Waals surface area (Å²) in [6.07, 6.45) is 4.60. The van der Waals surface area contributed by atoms with Crippen molar-refractivity contribution in [1.82, 2.24) is 14.6 Å². The van der Waals surface area contributed by atoms with Gasteiger partial charge in [0.25, 0.3) is 0 Å². The van der Waals surface area contributed by atoms with Crippen LogP contribution in [0.2, 0.25) is 0 Å². The highest BCUT2D eigenvalue weighted by molar-refractivity contribution is 7.22. The van der Waals surface area contributed by atoms with Crippen LogP contribution < -0.4 is 5.32 Å². The first-order valence-electron chi connectivity index (χ1n) is 7.94. The Labute approximate surface area is 137 Å².